The molecule has 1 aliphatic rings. The molecule has 0 aliphatic heterocycles. The summed E-state index contributed by atoms with van der Waals surface area (Å²) in [4.78, 5) is 31.2. The predicted molar refractivity (Wildman–Crippen MR) is 114 cm³/mol. The third kappa shape index (κ3) is 4.32. The highest BCUT2D eigenvalue weighted by molar-refractivity contribution is 7.10. The molecule has 6 heteroatoms. The first-order valence-corrected chi connectivity index (χ1v) is 10.9. The van der Waals surface area contributed by atoms with Crippen LogP contribution in [0.2, 0.25) is 0 Å². The van der Waals surface area contributed by atoms with Crippen LogP contribution in [0.4, 0.5) is 0 Å². The van der Waals surface area contributed by atoms with Gasteiger partial charge in [0, 0.05) is 16.0 Å². The van der Waals surface area contributed by atoms with Crippen LogP contribution < -0.4 is 5.32 Å². The van der Waals surface area contributed by atoms with Gasteiger partial charge in [0.25, 0.3) is 5.91 Å². The summed E-state index contributed by atoms with van der Waals surface area (Å²) in [6.07, 6.45) is 4.94. The van der Waals surface area contributed by atoms with E-state index in [-0.39, 0.29) is 18.6 Å². The number of carbonyl (C=O) groups excluding carboxylic acids is 2. The predicted octanol–water partition coefficient (Wildman–Crippen LogP) is 4.60. The number of nitrogens with zero attached hydrogens (tertiary/aromatic N) is 1. The van der Waals surface area contributed by atoms with Crippen LogP contribution in [0.5, 0.6) is 0 Å². The summed E-state index contributed by atoms with van der Waals surface area (Å²) < 4.78 is 5.45. The Morgan fingerprint density at radius 1 is 1.14 bits per heavy atom. The van der Waals surface area contributed by atoms with Gasteiger partial charge in [-0.3, -0.25) is 9.78 Å². The number of carbonyl (C=O) groups is 2. The zero-order chi connectivity index (χ0) is 20.2. The average Bonchev–Trinajstić information content (AvgIpc) is 3.17. The molecular weight excluding hydrogens is 384 g/mol. The largest absolute Gasteiger partial charge is 0.452 e. The number of aryl methyl sites for hydroxylation is 1. The molecule has 2 heterocycles. The van der Waals surface area contributed by atoms with Crippen molar-refractivity contribution < 1.29 is 14.3 Å². The minimum absolute atomic E-state index is 0.112. The second-order valence-corrected chi connectivity index (χ2v) is 8.35. The van der Waals surface area contributed by atoms with E-state index in [0.29, 0.717) is 5.56 Å². The Bertz CT molecular complexity index is 1030. The maximum Gasteiger partial charge on any atom is 0.339 e. The fourth-order valence-corrected chi connectivity index (χ4v) is 4.61. The van der Waals surface area contributed by atoms with Crippen LogP contribution >= 0.6 is 11.3 Å². The monoisotopic (exact) mass is 408 g/mol. The molecule has 1 N–H and O–H groups in total. The number of rotatable bonds is 5. The van der Waals surface area contributed by atoms with Crippen LogP contribution in [-0.4, -0.2) is 23.5 Å². The Kier molecular flexibility index (Phi) is 5.90. The molecule has 0 fully saturated rings. The van der Waals surface area contributed by atoms with E-state index in [1.807, 2.05) is 48.7 Å². The lowest BCUT2D eigenvalue weighted by Crippen LogP contribution is -2.31. The fourth-order valence-electron chi connectivity index (χ4n) is 3.88. The first-order valence-electron chi connectivity index (χ1n) is 10.0. The third-order valence-corrected chi connectivity index (χ3v) is 6.36. The van der Waals surface area contributed by atoms with Gasteiger partial charge in [0.05, 0.1) is 17.1 Å². The van der Waals surface area contributed by atoms with Crippen molar-refractivity contribution in [3.63, 3.8) is 0 Å². The van der Waals surface area contributed by atoms with Gasteiger partial charge < -0.3 is 10.1 Å². The lowest BCUT2D eigenvalue weighted by Gasteiger charge is -2.16. The molecule has 2 aromatic heterocycles. The Hall–Kier alpha value is -2.73. The maximum atomic E-state index is 13.0. The van der Waals surface area contributed by atoms with Gasteiger partial charge in [0.1, 0.15) is 0 Å². The van der Waals surface area contributed by atoms with E-state index in [2.05, 4.69) is 5.32 Å². The van der Waals surface area contributed by atoms with Crippen molar-refractivity contribution >= 4 is 34.1 Å². The Balaban J connectivity index is 1.53. The van der Waals surface area contributed by atoms with Gasteiger partial charge >= 0.3 is 5.97 Å². The van der Waals surface area contributed by atoms with Crippen molar-refractivity contribution in [2.75, 3.05) is 6.61 Å². The molecule has 29 heavy (non-hydrogen) atoms. The normalized spacial score (nSPS) is 14.7. The van der Waals surface area contributed by atoms with Gasteiger partial charge in [-0.15, -0.1) is 11.3 Å². The number of hydrogen-bond acceptors (Lipinski definition) is 5. The van der Waals surface area contributed by atoms with Crippen LogP contribution in [0.15, 0.2) is 41.8 Å². The zero-order valence-corrected chi connectivity index (χ0v) is 17.3. The lowest BCUT2D eigenvalue weighted by atomic mass is 9.97. The molecule has 0 unspecified atom stereocenters. The number of aromatic nitrogens is 1. The molecule has 0 saturated carbocycles. The standard InChI is InChI=1S/C23H24N2O3S/c1-15(20-12-7-13-29-20)24-21(26)14-28-23(27)22-16-8-3-2-4-10-18(16)25-19-11-6-5-9-17(19)22/h5-7,9,11-13,15H,2-4,8,10,14H2,1H3,(H,24,26)/t15-/m1/s1. The molecule has 0 spiro atoms. The second kappa shape index (κ2) is 8.74. The van der Waals surface area contributed by atoms with Gasteiger partial charge in [-0.2, -0.15) is 0 Å². The fraction of sp³-hybridized carbons (Fsp3) is 0.348. The van der Waals surface area contributed by atoms with Crippen LogP contribution in [0.3, 0.4) is 0 Å². The van der Waals surface area contributed by atoms with E-state index in [0.717, 1.165) is 59.1 Å². The molecule has 0 bridgehead atoms. The molecule has 0 radical (unpaired) electrons. The minimum atomic E-state index is -0.444. The van der Waals surface area contributed by atoms with E-state index in [1.165, 1.54) is 0 Å². The van der Waals surface area contributed by atoms with Crippen LogP contribution in [-0.2, 0) is 22.4 Å². The Labute approximate surface area is 174 Å². The number of hydrogen-bond donors (Lipinski definition) is 1. The number of thiophene rings is 1. The van der Waals surface area contributed by atoms with Gasteiger partial charge in [-0.05, 0) is 55.7 Å². The maximum absolute atomic E-state index is 13.0. The van der Waals surface area contributed by atoms with Gasteiger partial charge in [0.15, 0.2) is 6.61 Å². The third-order valence-electron chi connectivity index (χ3n) is 5.31. The molecule has 1 atom stereocenters. The first kappa shape index (κ1) is 19.6. The number of nitrogens with one attached hydrogen (secondary N) is 1. The summed E-state index contributed by atoms with van der Waals surface area (Å²) in [6.45, 7) is 1.63. The molecule has 5 nitrogen and oxygen atoms in total. The highest BCUT2D eigenvalue weighted by Crippen LogP contribution is 2.29. The number of esters is 1. The number of fused-ring (bicyclic) bond motifs is 2. The van der Waals surface area contributed by atoms with Crippen molar-refractivity contribution in [1.82, 2.24) is 10.3 Å². The van der Waals surface area contributed by atoms with Gasteiger partial charge in [0.2, 0.25) is 0 Å². The summed E-state index contributed by atoms with van der Waals surface area (Å²) >= 11 is 1.58. The van der Waals surface area contributed by atoms with E-state index < -0.39 is 5.97 Å². The molecule has 150 valence electrons. The van der Waals surface area contributed by atoms with Crippen LogP contribution in [0.25, 0.3) is 10.9 Å². The number of amides is 1. The van der Waals surface area contributed by atoms with Crippen molar-refractivity contribution in [3.8, 4) is 0 Å². The molecule has 4 rings (SSSR count). The summed E-state index contributed by atoms with van der Waals surface area (Å²) in [5.74, 6) is -0.746. The SMILES string of the molecule is C[C@@H](NC(=O)COC(=O)c1c2c(nc3ccccc13)CCCCC2)c1cccs1. The van der Waals surface area contributed by atoms with Crippen molar-refractivity contribution in [2.24, 2.45) is 0 Å². The quantitative estimate of drug-likeness (QED) is 0.495. The van der Waals surface area contributed by atoms with E-state index >= 15 is 0 Å². The number of para-hydroxylation sites is 1. The molecule has 1 aromatic carbocycles. The Morgan fingerprint density at radius 3 is 2.79 bits per heavy atom. The highest BCUT2D eigenvalue weighted by atomic mass is 32.1. The zero-order valence-electron chi connectivity index (χ0n) is 16.4. The number of ether oxygens (including phenoxy) is 1. The van der Waals surface area contributed by atoms with Gasteiger partial charge in [-0.1, -0.05) is 30.7 Å². The van der Waals surface area contributed by atoms with Crippen molar-refractivity contribution in [3.05, 3.63) is 63.5 Å². The first-order chi connectivity index (χ1) is 14.1. The smallest absolute Gasteiger partial charge is 0.339 e. The molecule has 1 amide bonds. The molecule has 3 aromatic rings. The van der Waals surface area contributed by atoms with Crippen LogP contribution in [0.1, 0.15) is 58.7 Å². The van der Waals surface area contributed by atoms with Gasteiger partial charge in [-0.25, -0.2) is 4.79 Å². The van der Waals surface area contributed by atoms with Crippen molar-refractivity contribution in [1.29, 1.82) is 0 Å². The minimum Gasteiger partial charge on any atom is -0.452 e. The molecule has 1 aliphatic carbocycles. The average molecular weight is 409 g/mol. The number of benzene rings is 1. The summed E-state index contributed by atoms with van der Waals surface area (Å²) in [5.41, 5.74) is 3.35. The lowest BCUT2D eigenvalue weighted by molar-refractivity contribution is -0.124. The Morgan fingerprint density at radius 2 is 1.97 bits per heavy atom. The van der Waals surface area contributed by atoms with E-state index in [9.17, 15) is 9.59 Å². The summed E-state index contributed by atoms with van der Waals surface area (Å²) in [5, 5.41) is 5.65. The number of pyridine rings is 1. The molecule has 0 saturated heterocycles. The highest BCUT2D eigenvalue weighted by Gasteiger charge is 2.23. The van der Waals surface area contributed by atoms with Crippen LogP contribution in [0, 0.1) is 0 Å². The van der Waals surface area contributed by atoms with Crippen molar-refractivity contribution in [2.45, 2.75) is 45.1 Å². The van der Waals surface area contributed by atoms with E-state index in [4.69, 9.17) is 9.72 Å². The van der Waals surface area contributed by atoms with E-state index in [1.54, 1.807) is 11.3 Å². The second-order valence-electron chi connectivity index (χ2n) is 7.37. The topological polar surface area (TPSA) is 68.3 Å². The summed E-state index contributed by atoms with van der Waals surface area (Å²) in [7, 11) is 0. The summed E-state index contributed by atoms with van der Waals surface area (Å²) in [6, 6.07) is 11.5. The molecular formula is C23H24N2O3S.